The number of nitrogens with zero attached hydrogens (tertiary/aromatic N) is 3. The second-order valence-corrected chi connectivity index (χ2v) is 6.92. The summed E-state index contributed by atoms with van der Waals surface area (Å²) in [4.78, 5) is 8.94. The molecule has 0 aliphatic carbocycles. The van der Waals surface area contributed by atoms with Crippen LogP contribution in [0.4, 0.5) is 0 Å². The van der Waals surface area contributed by atoms with Crippen molar-refractivity contribution in [2.45, 2.75) is 6.42 Å². The average molecular weight is 364 g/mol. The maximum atomic E-state index is 6.01. The summed E-state index contributed by atoms with van der Waals surface area (Å²) in [5.41, 5.74) is 1.62. The van der Waals surface area contributed by atoms with Crippen LogP contribution in [0.25, 0.3) is 22.4 Å². The first-order valence-corrected chi connectivity index (χ1v) is 8.53. The van der Waals surface area contributed by atoms with E-state index in [2.05, 4.69) is 9.97 Å². The summed E-state index contributed by atoms with van der Waals surface area (Å²) in [6.45, 7) is 0. The number of hydrogen-bond donors (Lipinski definition) is 0. The number of rotatable bonds is 3. The fourth-order valence-corrected chi connectivity index (χ4v) is 3.48. The number of fused-ring (bicyclic) bond motifs is 1. The molecule has 0 N–H and O–H groups in total. The van der Waals surface area contributed by atoms with Crippen molar-refractivity contribution in [1.82, 2.24) is 14.5 Å². The highest BCUT2D eigenvalue weighted by atomic mass is 35.5. The number of imidazole rings is 1. The molecule has 4 nitrogen and oxygen atoms in total. The Morgan fingerprint density at radius 1 is 1.26 bits per heavy atom. The zero-order chi connectivity index (χ0) is 16.0. The number of hydrogen-bond acceptors (Lipinski definition) is 4. The van der Waals surface area contributed by atoms with Crippen molar-refractivity contribution in [2.75, 3.05) is 0 Å². The molecule has 7 heteroatoms. The van der Waals surface area contributed by atoms with E-state index in [-0.39, 0.29) is 0 Å². The Morgan fingerprint density at radius 3 is 2.91 bits per heavy atom. The molecule has 1 aromatic carbocycles. The molecule has 0 spiro atoms. The molecule has 116 valence electrons. The minimum atomic E-state index is 0.617. The van der Waals surface area contributed by atoms with E-state index >= 15 is 0 Å². The molecular weight excluding hydrogens is 353 g/mol. The van der Waals surface area contributed by atoms with Gasteiger partial charge in [0.1, 0.15) is 27.3 Å². The molecule has 0 fully saturated rings. The van der Waals surface area contributed by atoms with Gasteiger partial charge < -0.3 is 8.98 Å². The third-order valence-corrected chi connectivity index (χ3v) is 5.05. The van der Waals surface area contributed by atoms with Gasteiger partial charge in [0.2, 0.25) is 0 Å². The zero-order valence-electron chi connectivity index (χ0n) is 12.1. The lowest BCUT2D eigenvalue weighted by atomic mass is 10.2. The minimum absolute atomic E-state index is 0.617. The van der Waals surface area contributed by atoms with Gasteiger partial charge in [0, 0.05) is 22.8 Å². The molecule has 0 aliphatic heterocycles. The Hall–Kier alpha value is -1.82. The van der Waals surface area contributed by atoms with Crippen LogP contribution in [0.5, 0.6) is 0 Å². The zero-order valence-corrected chi connectivity index (χ0v) is 14.4. The van der Waals surface area contributed by atoms with Crippen LogP contribution in [-0.2, 0) is 13.5 Å². The molecule has 0 saturated carbocycles. The van der Waals surface area contributed by atoms with E-state index in [1.165, 1.54) is 0 Å². The molecule has 0 atom stereocenters. The van der Waals surface area contributed by atoms with Crippen molar-refractivity contribution in [3.8, 4) is 11.5 Å². The summed E-state index contributed by atoms with van der Waals surface area (Å²) in [6, 6.07) is 7.52. The molecule has 0 unspecified atom stereocenters. The van der Waals surface area contributed by atoms with Gasteiger partial charge in [-0.3, -0.25) is 0 Å². The van der Waals surface area contributed by atoms with Crippen molar-refractivity contribution in [3.05, 3.63) is 56.9 Å². The third-order valence-electron chi connectivity index (χ3n) is 3.62. The molecule has 0 aliphatic rings. The third kappa shape index (κ3) is 2.76. The summed E-state index contributed by atoms with van der Waals surface area (Å²) < 4.78 is 7.70. The largest absolute Gasteiger partial charge is 0.454 e. The van der Waals surface area contributed by atoms with Gasteiger partial charge in [-0.25, -0.2) is 9.97 Å². The average Bonchev–Trinajstić information content (AvgIpc) is 3.22. The van der Waals surface area contributed by atoms with Crippen molar-refractivity contribution in [3.63, 3.8) is 0 Å². The number of aromatic nitrogens is 3. The monoisotopic (exact) mass is 363 g/mol. The maximum absolute atomic E-state index is 6.01. The molecule has 0 saturated heterocycles. The van der Waals surface area contributed by atoms with Gasteiger partial charge in [0.25, 0.3) is 0 Å². The number of benzene rings is 1. The quantitative estimate of drug-likeness (QED) is 0.503. The van der Waals surface area contributed by atoms with Gasteiger partial charge in [-0.2, -0.15) is 0 Å². The van der Waals surface area contributed by atoms with Crippen LogP contribution in [0, 0.1) is 0 Å². The van der Waals surface area contributed by atoms with Crippen LogP contribution in [0.15, 0.2) is 40.3 Å². The van der Waals surface area contributed by atoms with Crippen molar-refractivity contribution in [1.29, 1.82) is 0 Å². The van der Waals surface area contributed by atoms with Crippen LogP contribution in [-0.4, -0.2) is 14.5 Å². The van der Waals surface area contributed by atoms with Gasteiger partial charge in [-0.1, -0.05) is 23.2 Å². The van der Waals surface area contributed by atoms with E-state index in [0.717, 1.165) is 33.3 Å². The highest BCUT2D eigenvalue weighted by molar-refractivity contribution is 7.10. The van der Waals surface area contributed by atoms with Gasteiger partial charge in [-0.15, -0.1) is 11.3 Å². The van der Waals surface area contributed by atoms with Crippen molar-refractivity contribution in [2.24, 2.45) is 7.05 Å². The Bertz CT molecular complexity index is 1000. The van der Waals surface area contributed by atoms with E-state index in [4.69, 9.17) is 27.6 Å². The lowest BCUT2D eigenvalue weighted by Crippen LogP contribution is -1.99. The van der Waals surface area contributed by atoms with E-state index in [1.54, 1.807) is 17.5 Å². The molecule has 23 heavy (non-hydrogen) atoms. The molecule has 0 amide bonds. The van der Waals surface area contributed by atoms with E-state index < -0.39 is 0 Å². The van der Waals surface area contributed by atoms with Gasteiger partial charge >= 0.3 is 0 Å². The number of thiazole rings is 1. The summed E-state index contributed by atoms with van der Waals surface area (Å²) in [5.74, 6) is 1.62. The molecular formula is C16H11Cl2N3OS. The molecule has 0 bridgehead atoms. The molecule has 3 heterocycles. The lowest BCUT2D eigenvalue weighted by molar-refractivity contribution is 0.629. The lowest BCUT2D eigenvalue weighted by Gasteiger charge is -1.99. The van der Waals surface area contributed by atoms with Crippen molar-refractivity contribution >= 4 is 45.5 Å². The summed E-state index contributed by atoms with van der Waals surface area (Å²) in [6.07, 6.45) is 2.29. The molecule has 4 aromatic rings. The van der Waals surface area contributed by atoms with Crippen molar-refractivity contribution < 1.29 is 4.42 Å². The maximum Gasteiger partial charge on any atom is 0.154 e. The van der Waals surface area contributed by atoms with Gasteiger partial charge in [-0.05, 0) is 24.3 Å². The van der Waals surface area contributed by atoms with E-state index in [0.29, 0.717) is 16.6 Å². The summed E-state index contributed by atoms with van der Waals surface area (Å²) in [5, 5.41) is 5.22. The van der Waals surface area contributed by atoms with Crippen LogP contribution >= 0.6 is 34.5 Å². The second kappa shape index (κ2) is 5.67. The molecule has 4 rings (SSSR count). The molecule has 0 radical (unpaired) electrons. The first-order chi connectivity index (χ1) is 11.1. The predicted molar refractivity (Wildman–Crippen MR) is 93.4 cm³/mol. The summed E-state index contributed by atoms with van der Waals surface area (Å²) >= 11 is 13.6. The van der Waals surface area contributed by atoms with Crippen LogP contribution in [0.3, 0.4) is 0 Å². The standard InChI is InChI=1S/C16H11Cl2N3OS/c1-21-14(18)7-19-15(21)6-16-20-11(8-23-16)13-5-9-4-10(17)2-3-12(9)22-13/h2-5,7-8H,6H2,1H3. The Balaban J connectivity index is 1.65. The minimum Gasteiger partial charge on any atom is -0.454 e. The predicted octanol–water partition coefficient (Wildman–Crippen LogP) is 5.19. The Kier molecular flexibility index (Phi) is 3.64. The first-order valence-electron chi connectivity index (χ1n) is 6.90. The van der Waals surface area contributed by atoms with Gasteiger partial charge in [0.15, 0.2) is 5.76 Å². The highest BCUT2D eigenvalue weighted by Gasteiger charge is 2.13. The topological polar surface area (TPSA) is 43.9 Å². The fraction of sp³-hybridized carbons (Fsp3) is 0.125. The van der Waals surface area contributed by atoms with Crippen LogP contribution in [0.1, 0.15) is 10.8 Å². The van der Waals surface area contributed by atoms with E-state index in [9.17, 15) is 0 Å². The van der Waals surface area contributed by atoms with Crippen LogP contribution in [0.2, 0.25) is 10.2 Å². The highest BCUT2D eigenvalue weighted by Crippen LogP contribution is 2.30. The van der Waals surface area contributed by atoms with Gasteiger partial charge in [0.05, 0.1) is 12.6 Å². The Morgan fingerprint density at radius 2 is 2.13 bits per heavy atom. The molecule has 3 aromatic heterocycles. The summed E-state index contributed by atoms with van der Waals surface area (Å²) in [7, 11) is 1.89. The van der Waals surface area contributed by atoms with E-state index in [1.807, 2.05) is 41.3 Å². The number of furan rings is 1. The first kappa shape index (κ1) is 14.8. The SMILES string of the molecule is Cn1c(Cl)cnc1Cc1nc(-c2cc3cc(Cl)ccc3o2)cs1. The Labute approximate surface area is 146 Å². The normalized spacial score (nSPS) is 11.4. The fourth-order valence-electron chi connectivity index (χ4n) is 2.37. The van der Waals surface area contributed by atoms with Crippen LogP contribution < -0.4 is 0 Å². The number of halogens is 2. The smallest absolute Gasteiger partial charge is 0.154 e. The second-order valence-electron chi connectivity index (χ2n) is 5.15.